The second-order valence-corrected chi connectivity index (χ2v) is 4.74. The van der Waals surface area contributed by atoms with E-state index < -0.39 is 0 Å². The number of ether oxygens (including phenoxy) is 1. The summed E-state index contributed by atoms with van der Waals surface area (Å²) in [7, 11) is 1.75. The van der Waals surface area contributed by atoms with Crippen LogP contribution in [0.2, 0.25) is 0 Å². The van der Waals surface area contributed by atoms with Crippen molar-refractivity contribution in [2.45, 2.75) is 32.3 Å². The molecule has 1 fully saturated rings. The first kappa shape index (κ1) is 12.9. The summed E-state index contributed by atoms with van der Waals surface area (Å²) in [6, 6.07) is 0. The van der Waals surface area contributed by atoms with E-state index in [4.69, 9.17) is 10.5 Å². The van der Waals surface area contributed by atoms with Gasteiger partial charge in [-0.25, -0.2) is 0 Å². The Morgan fingerprint density at radius 2 is 2.39 bits per heavy atom. The predicted octanol–water partition coefficient (Wildman–Crippen LogP) is 1.15. The molecule has 18 heavy (non-hydrogen) atoms. The minimum atomic E-state index is -0.00903. The molecule has 6 heteroatoms. The van der Waals surface area contributed by atoms with Gasteiger partial charge in [0.05, 0.1) is 18.0 Å². The zero-order chi connectivity index (χ0) is 13.1. The van der Waals surface area contributed by atoms with Gasteiger partial charge in [-0.15, -0.1) is 0 Å². The number of rotatable bonds is 5. The number of carbonyl (C=O) groups is 1. The van der Waals surface area contributed by atoms with Crippen molar-refractivity contribution in [3.63, 3.8) is 0 Å². The number of aryl methyl sites for hydroxylation is 1. The van der Waals surface area contributed by atoms with Gasteiger partial charge in [0.2, 0.25) is 5.91 Å². The summed E-state index contributed by atoms with van der Waals surface area (Å²) >= 11 is 0. The molecule has 1 aliphatic rings. The van der Waals surface area contributed by atoms with Crippen LogP contribution < -0.4 is 11.1 Å². The van der Waals surface area contributed by atoms with Crippen LogP contribution in [0.15, 0.2) is 6.20 Å². The number of hydrogen-bond acceptors (Lipinski definition) is 4. The molecule has 1 saturated carbocycles. The zero-order valence-corrected chi connectivity index (χ0v) is 10.8. The molecule has 1 aromatic heterocycles. The Balaban J connectivity index is 1.77. The van der Waals surface area contributed by atoms with Crippen molar-refractivity contribution < 1.29 is 9.53 Å². The summed E-state index contributed by atoms with van der Waals surface area (Å²) in [5.41, 5.74) is 6.20. The lowest BCUT2D eigenvalue weighted by Gasteiger charge is -2.34. The lowest BCUT2D eigenvalue weighted by molar-refractivity contribution is -0.119. The number of nitrogens with zero attached hydrogens (tertiary/aromatic N) is 2. The van der Waals surface area contributed by atoms with Crippen LogP contribution in [0.3, 0.4) is 0 Å². The van der Waals surface area contributed by atoms with Gasteiger partial charge in [-0.2, -0.15) is 5.10 Å². The summed E-state index contributed by atoms with van der Waals surface area (Å²) in [5.74, 6) is 0.988. The number of anilines is 2. The predicted molar refractivity (Wildman–Crippen MR) is 69.0 cm³/mol. The number of nitrogens with one attached hydrogen (secondary N) is 1. The third kappa shape index (κ3) is 2.81. The summed E-state index contributed by atoms with van der Waals surface area (Å²) < 4.78 is 7.03. The third-order valence-electron chi connectivity index (χ3n) is 3.29. The van der Waals surface area contributed by atoms with Crippen LogP contribution in [0.5, 0.6) is 0 Å². The van der Waals surface area contributed by atoms with Gasteiger partial charge in [-0.05, 0) is 25.7 Å². The molecule has 0 aromatic carbocycles. The molecule has 6 nitrogen and oxygen atoms in total. The van der Waals surface area contributed by atoms with Gasteiger partial charge >= 0.3 is 0 Å². The molecule has 1 amide bonds. The van der Waals surface area contributed by atoms with Crippen molar-refractivity contribution in [3.8, 4) is 0 Å². The third-order valence-corrected chi connectivity index (χ3v) is 3.29. The summed E-state index contributed by atoms with van der Waals surface area (Å²) in [6.07, 6.45) is 4.34. The van der Waals surface area contributed by atoms with Crippen LogP contribution in [0.25, 0.3) is 0 Å². The number of nitrogens with two attached hydrogens (primary N) is 1. The molecular formula is C12H20N4O2. The van der Waals surface area contributed by atoms with Gasteiger partial charge in [-0.3, -0.25) is 9.48 Å². The lowest BCUT2D eigenvalue weighted by Crippen LogP contribution is -2.34. The van der Waals surface area contributed by atoms with Crippen LogP contribution in [-0.4, -0.2) is 28.4 Å². The lowest BCUT2D eigenvalue weighted by atomic mass is 9.80. The zero-order valence-electron chi connectivity index (χ0n) is 10.8. The molecule has 1 aromatic rings. The van der Waals surface area contributed by atoms with Crippen LogP contribution >= 0.6 is 0 Å². The van der Waals surface area contributed by atoms with Gasteiger partial charge < -0.3 is 15.8 Å². The van der Waals surface area contributed by atoms with Gasteiger partial charge in [0.25, 0.3) is 0 Å². The number of aromatic nitrogens is 2. The van der Waals surface area contributed by atoms with E-state index in [2.05, 4.69) is 10.4 Å². The van der Waals surface area contributed by atoms with Gasteiger partial charge in [0.15, 0.2) is 5.82 Å². The van der Waals surface area contributed by atoms with Crippen molar-refractivity contribution in [3.05, 3.63) is 6.20 Å². The van der Waals surface area contributed by atoms with E-state index in [0.29, 0.717) is 29.9 Å². The fourth-order valence-corrected chi connectivity index (χ4v) is 2.27. The van der Waals surface area contributed by atoms with Gasteiger partial charge in [-0.1, -0.05) is 0 Å². The van der Waals surface area contributed by atoms with Crippen LogP contribution in [0.4, 0.5) is 11.5 Å². The highest BCUT2D eigenvalue weighted by molar-refractivity contribution is 5.92. The second kappa shape index (κ2) is 5.39. The molecule has 3 N–H and O–H groups in total. The summed E-state index contributed by atoms with van der Waals surface area (Å²) in [4.78, 5) is 11.8. The van der Waals surface area contributed by atoms with Gasteiger partial charge in [0, 0.05) is 20.1 Å². The second-order valence-electron chi connectivity index (χ2n) is 4.74. The van der Waals surface area contributed by atoms with E-state index >= 15 is 0 Å². The Morgan fingerprint density at radius 3 is 2.94 bits per heavy atom. The van der Waals surface area contributed by atoms with E-state index in [9.17, 15) is 4.79 Å². The molecule has 0 unspecified atom stereocenters. The molecule has 1 aliphatic carbocycles. The van der Waals surface area contributed by atoms with E-state index in [1.54, 1.807) is 11.7 Å². The largest absolute Gasteiger partial charge is 0.394 e. The molecule has 1 heterocycles. The molecule has 0 bridgehead atoms. The standard InChI is InChI=1S/C12H20N4O2/c1-3-18-9-4-8(5-9)6-11(17)15-12-10(13)7-14-16(12)2/h7-9H,3-6,13H2,1-2H3,(H,15,17). The minimum absolute atomic E-state index is 0.00903. The fraction of sp³-hybridized carbons (Fsp3) is 0.667. The first-order chi connectivity index (χ1) is 8.60. The molecule has 0 spiro atoms. The average Bonchev–Trinajstić information content (AvgIpc) is 2.58. The van der Waals surface area contributed by atoms with Crippen molar-refractivity contribution in [1.29, 1.82) is 0 Å². The van der Waals surface area contributed by atoms with Crippen LogP contribution in [-0.2, 0) is 16.6 Å². The first-order valence-electron chi connectivity index (χ1n) is 6.29. The first-order valence-corrected chi connectivity index (χ1v) is 6.29. The Labute approximate surface area is 106 Å². The van der Waals surface area contributed by atoms with Crippen LogP contribution in [0, 0.1) is 5.92 Å². The average molecular weight is 252 g/mol. The smallest absolute Gasteiger partial charge is 0.225 e. The number of amides is 1. The normalized spacial score (nSPS) is 22.6. The highest BCUT2D eigenvalue weighted by atomic mass is 16.5. The highest BCUT2D eigenvalue weighted by Crippen LogP contribution is 2.33. The Kier molecular flexibility index (Phi) is 3.86. The molecule has 0 aliphatic heterocycles. The Bertz CT molecular complexity index is 404. The van der Waals surface area contributed by atoms with Crippen molar-refractivity contribution in [1.82, 2.24) is 9.78 Å². The number of hydrogen-bond donors (Lipinski definition) is 2. The maximum atomic E-state index is 11.8. The Morgan fingerprint density at radius 1 is 1.67 bits per heavy atom. The van der Waals surface area contributed by atoms with Crippen molar-refractivity contribution in [2.24, 2.45) is 13.0 Å². The molecule has 2 rings (SSSR count). The molecule has 0 saturated heterocycles. The van der Waals surface area contributed by atoms with E-state index in [0.717, 1.165) is 19.4 Å². The quantitative estimate of drug-likeness (QED) is 0.823. The maximum absolute atomic E-state index is 11.8. The number of carbonyl (C=O) groups excluding carboxylic acids is 1. The minimum Gasteiger partial charge on any atom is -0.394 e. The molecular weight excluding hydrogens is 232 g/mol. The topological polar surface area (TPSA) is 82.2 Å². The Hall–Kier alpha value is -1.56. The van der Waals surface area contributed by atoms with E-state index in [1.807, 2.05) is 6.92 Å². The molecule has 0 atom stereocenters. The van der Waals surface area contributed by atoms with E-state index in [1.165, 1.54) is 6.20 Å². The van der Waals surface area contributed by atoms with Crippen molar-refractivity contribution in [2.75, 3.05) is 17.7 Å². The monoisotopic (exact) mass is 252 g/mol. The molecule has 100 valence electrons. The van der Waals surface area contributed by atoms with Gasteiger partial charge in [0.1, 0.15) is 0 Å². The maximum Gasteiger partial charge on any atom is 0.225 e. The fourth-order valence-electron chi connectivity index (χ4n) is 2.27. The van der Waals surface area contributed by atoms with E-state index in [-0.39, 0.29) is 5.91 Å². The summed E-state index contributed by atoms with van der Waals surface area (Å²) in [6.45, 7) is 2.74. The molecule has 0 radical (unpaired) electrons. The van der Waals surface area contributed by atoms with Crippen molar-refractivity contribution >= 4 is 17.4 Å². The highest BCUT2D eigenvalue weighted by Gasteiger charge is 2.31. The number of nitrogen functional groups attached to an aromatic ring is 1. The van der Waals surface area contributed by atoms with Crippen LogP contribution in [0.1, 0.15) is 26.2 Å². The summed E-state index contributed by atoms with van der Waals surface area (Å²) in [5, 5.41) is 6.78. The SMILES string of the molecule is CCOC1CC(CC(=O)Nc2c(N)cnn2C)C1.